The lowest BCUT2D eigenvalue weighted by Crippen LogP contribution is -2.28. The fourth-order valence-corrected chi connectivity index (χ4v) is 5.51. The number of hydrogen-bond donors (Lipinski definition) is 3. The topological polar surface area (TPSA) is 115 Å². The molecule has 0 spiro atoms. The van der Waals surface area contributed by atoms with E-state index >= 15 is 0 Å². The fraction of sp³-hybridized carbons (Fsp3) is 0.280. The Morgan fingerprint density at radius 1 is 1.21 bits per heavy atom. The summed E-state index contributed by atoms with van der Waals surface area (Å²) in [5.41, 5.74) is 7.71. The van der Waals surface area contributed by atoms with Crippen LogP contribution in [0.3, 0.4) is 0 Å². The number of para-hydroxylation sites is 1. The molecule has 0 bridgehead atoms. The maximum absolute atomic E-state index is 13.1. The van der Waals surface area contributed by atoms with Crippen LogP contribution in [0.1, 0.15) is 42.4 Å². The van der Waals surface area contributed by atoms with E-state index in [0.717, 1.165) is 24.9 Å². The molecule has 0 saturated heterocycles. The van der Waals surface area contributed by atoms with Crippen molar-refractivity contribution in [3.63, 3.8) is 0 Å². The highest BCUT2D eigenvalue weighted by atomic mass is 32.2. The molecule has 1 amide bonds. The number of phenolic OH excluding ortho intramolecular Hbond substituents is 1. The minimum atomic E-state index is -0.967. The van der Waals surface area contributed by atoms with Crippen LogP contribution in [-0.4, -0.2) is 39.3 Å². The summed E-state index contributed by atoms with van der Waals surface area (Å²) < 4.78 is 0. The number of carbonyl (C=O) groups is 2. The van der Waals surface area contributed by atoms with Crippen LogP contribution in [0.2, 0.25) is 0 Å². The second-order valence-electron chi connectivity index (χ2n) is 8.53. The molecule has 1 aliphatic carbocycles. The van der Waals surface area contributed by atoms with Crippen molar-refractivity contribution in [2.75, 3.05) is 16.2 Å². The minimum absolute atomic E-state index is 0.0214. The lowest BCUT2D eigenvalue weighted by atomic mass is 9.91. The number of hydrazone groups is 2. The van der Waals surface area contributed by atoms with E-state index in [-0.39, 0.29) is 28.2 Å². The monoisotopic (exact) mass is 476 g/mol. The SMILES string of the molecule is CC1=NN(c2ccc3c(c2)CCCC3)C(=O)/C1=N\Nc1cccc(C2C=C(C(=O)O)SC2)c1O. The van der Waals surface area contributed by atoms with Crippen LogP contribution in [0.5, 0.6) is 5.75 Å². The quantitative estimate of drug-likeness (QED) is 0.439. The molecule has 9 heteroatoms. The Morgan fingerprint density at radius 2 is 2.00 bits per heavy atom. The number of aliphatic carboxylic acids is 1. The molecule has 2 aromatic rings. The summed E-state index contributed by atoms with van der Waals surface area (Å²) in [7, 11) is 0. The summed E-state index contributed by atoms with van der Waals surface area (Å²) in [6, 6.07) is 11.2. The average molecular weight is 477 g/mol. The summed E-state index contributed by atoms with van der Waals surface area (Å²) in [5, 5.41) is 30.0. The number of aromatic hydroxyl groups is 1. The second kappa shape index (κ2) is 8.98. The number of allylic oxidation sites excluding steroid dienone is 1. The first-order valence-corrected chi connectivity index (χ1v) is 12.2. The number of carbonyl (C=O) groups excluding carboxylic acids is 1. The molecule has 5 rings (SSSR count). The third-order valence-electron chi connectivity index (χ3n) is 6.30. The molecular formula is C25H24N4O4S. The van der Waals surface area contributed by atoms with Crippen molar-refractivity contribution in [1.29, 1.82) is 0 Å². The molecule has 174 valence electrons. The summed E-state index contributed by atoms with van der Waals surface area (Å²) in [5.74, 6) is -1.01. The summed E-state index contributed by atoms with van der Waals surface area (Å²) in [4.78, 5) is 24.6. The van der Waals surface area contributed by atoms with Gasteiger partial charge in [0.15, 0.2) is 5.71 Å². The Labute approximate surface area is 201 Å². The lowest BCUT2D eigenvalue weighted by molar-refractivity contribution is -0.131. The Balaban J connectivity index is 1.36. The molecular weight excluding hydrogens is 452 g/mol. The molecule has 8 nitrogen and oxygen atoms in total. The molecule has 34 heavy (non-hydrogen) atoms. The van der Waals surface area contributed by atoms with E-state index in [1.54, 1.807) is 31.2 Å². The predicted octanol–water partition coefficient (Wildman–Crippen LogP) is 4.26. The predicted molar refractivity (Wildman–Crippen MR) is 134 cm³/mol. The molecule has 3 N–H and O–H groups in total. The number of phenols is 1. The molecule has 1 unspecified atom stereocenters. The second-order valence-corrected chi connectivity index (χ2v) is 9.59. The lowest BCUT2D eigenvalue weighted by Gasteiger charge is -2.19. The van der Waals surface area contributed by atoms with Crippen molar-refractivity contribution in [3.05, 3.63) is 64.1 Å². The van der Waals surface area contributed by atoms with Crippen molar-refractivity contribution in [2.24, 2.45) is 10.2 Å². The van der Waals surface area contributed by atoms with E-state index in [1.165, 1.54) is 34.3 Å². The number of rotatable bonds is 5. The van der Waals surface area contributed by atoms with Gasteiger partial charge in [-0.1, -0.05) is 24.3 Å². The van der Waals surface area contributed by atoms with Crippen molar-refractivity contribution in [1.82, 2.24) is 0 Å². The first-order chi connectivity index (χ1) is 16.4. The number of amides is 1. The highest BCUT2D eigenvalue weighted by molar-refractivity contribution is 8.04. The van der Waals surface area contributed by atoms with Gasteiger partial charge in [0.1, 0.15) is 5.75 Å². The number of carboxylic acids is 1. The highest BCUT2D eigenvalue weighted by Gasteiger charge is 2.31. The van der Waals surface area contributed by atoms with Crippen LogP contribution in [-0.2, 0) is 22.4 Å². The van der Waals surface area contributed by atoms with Crippen molar-refractivity contribution in [3.8, 4) is 5.75 Å². The maximum atomic E-state index is 13.1. The van der Waals surface area contributed by atoms with Crippen molar-refractivity contribution >= 4 is 46.4 Å². The van der Waals surface area contributed by atoms with E-state index < -0.39 is 5.97 Å². The minimum Gasteiger partial charge on any atom is -0.505 e. The third-order valence-corrected chi connectivity index (χ3v) is 7.45. The number of nitrogens with zero attached hydrogens (tertiary/aromatic N) is 3. The van der Waals surface area contributed by atoms with Crippen LogP contribution in [0.4, 0.5) is 11.4 Å². The van der Waals surface area contributed by atoms with Gasteiger partial charge < -0.3 is 10.2 Å². The van der Waals surface area contributed by atoms with Gasteiger partial charge in [0, 0.05) is 17.2 Å². The number of fused-ring (bicyclic) bond motifs is 1. The molecule has 1 atom stereocenters. The number of carboxylic acid groups (broad SMARTS) is 1. The number of benzene rings is 2. The maximum Gasteiger partial charge on any atom is 0.341 e. The molecule has 2 aromatic carbocycles. The number of anilines is 2. The average Bonchev–Trinajstić information content (AvgIpc) is 3.43. The van der Waals surface area contributed by atoms with E-state index in [2.05, 4.69) is 21.7 Å². The molecule has 2 heterocycles. The van der Waals surface area contributed by atoms with E-state index in [0.29, 0.717) is 22.7 Å². The summed E-state index contributed by atoms with van der Waals surface area (Å²) in [6.45, 7) is 1.72. The van der Waals surface area contributed by atoms with Crippen molar-refractivity contribution < 1.29 is 19.8 Å². The fourth-order valence-electron chi connectivity index (χ4n) is 4.49. The normalized spacial score (nSPS) is 20.9. The number of aryl methyl sites for hydroxylation is 2. The van der Waals surface area contributed by atoms with Crippen LogP contribution >= 0.6 is 11.8 Å². The van der Waals surface area contributed by atoms with E-state index in [4.69, 9.17) is 0 Å². The molecule has 0 fully saturated rings. The molecule has 2 aliphatic heterocycles. The van der Waals surface area contributed by atoms with Gasteiger partial charge in [-0.3, -0.25) is 10.2 Å². The van der Waals surface area contributed by atoms with Gasteiger partial charge in [0.05, 0.1) is 22.0 Å². The van der Waals surface area contributed by atoms with Crippen LogP contribution in [0, 0.1) is 0 Å². The standard InChI is InChI=1S/C25H24N4O4S/c1-14-22(24(31)29(28-14)18-10-9-15-5-2-3-6-16(15)11-18)27-26-20-8-4-7-19(23(20)30)17-12-21(25(32)33)34-13-17/h4,7-12,17,26,30H,2-3,5-6,13H2,1H3,(H,32,33)/b27-22-. The zero-order valence-electron chi connectivity index (χ0n) is 18.6. The Kier molecular flexibility index (Phi) is 5.87. The zero-order chi connectivity index (χ0) is 23.8. The number of thioether (sulfide) groups is 1. The molecule has 0 aromatic heterocycles. The summed E-state index contributed by atoms with van der Waals surface area (Å²) in [6.07, 6.45) is 6.07. The number of nitrogens with one attached hydrogen (secondary N) is 1. The van der Waals surface area contributed by atoms with Crippen LogP contribution in [0.15, 0.2) is 57.6 Å². The first kappa shape index (κ1) is 22.2. The Morgan fingerprint density at radius 3 is 2.76 bits per heavy atom. The smallest absolute Gasteiger partial charge is 0.341 e. The van der Waals surface area contributed by atoms with Gasteiger partial charge in [-0.2, -0.15) is 15.2 Å². The van der Waals surface area contributed by atoms with Gasteiger partial charge in [-0.05, 0) is 61.9 Å². The van der Waals surface area contributed by atoms with Gasteiger partial charge in [0.2, 0.25) is 0 Å². The zero-order valence-corrected chi connectivity index (χ0v) is 19.4. The third kappa shape index (κ3) is 4.07. The van der Waals surface area contributed by atoms with Gasteiger partial charge in [-0.15, -0.1) is 11.8 Å². The number of hydrogen-bond acceptors (Lipinski definition) is 7. The molecule has 3 aliphatic rings. The van der Waals surface area contributed by atoms with Gasteiger partial charge >= 0.3 is 11.9 Å². The first-order valence-electron chi connectivity index (χ1n) is 11.2. The largest absolute Gasteiger partial charge is 0.505 e. The van der Waals surface area contributed by atoms with Gasteiger partial charge in [-0.25, -0.2) is 4.79 Å². The van der Waals surface area contributed by atoms with Crippen molar-refractivity contribution in [2.45, 2.75) is 38.5 Å². The Bertz CT molecular complexity index is 1280. The highest BCUT2D eigenvalue weighted by Crippen LogP contribution is 2.41. The van der Waals surface area contributed by atoms with E-state index in [9.17, 15) is 19.8 Å². The molecule has 0 saturated carbocycles. The Hall–Kier alpha value is -3.59. The summed E-state index contributed by atoms with van der Waals surface area (Å²) >= 11 is 1.25. The molecule has 0 radical (unpaired) electrons. The van der Waals surface area contributed by atoms with Crippen LogP contribution in [0.25, 0.3) is 0 Å². The van der Waals surface area contributed by atoms with E-state index in [1.807, 2.05) is 12.1 Å². The van der Waals surface area contributed by atoms with Gasteiger partial charge in [0.25, 0.3) is 0 Å². The van der Waals surface area contributed by atoms with Crippen LogP contribution < -0.4 is 10.4 Å².